The Bertz CT molecular complexity index is 628. The molecule has 20 heavy (non-hydrogen) atoms. The monoisotopic (exact) mass is 275 g/mol. The third-order valence-corrected chi connectivity index (χ3v) is 3.11. The fraction of sp³-hybridized carbons (Fsp3) is 0.357. The summed E-state index contributed by atoms with van der Waals surface area (Å²) in [6.07, 6.45) is 1.68. The van der Waals surface area contributed by atoms with E-state index in [9.17, 15) is 9.90 Å². The third kappa shape index (κ3) is 3.03. The van der Waals surface area contributed by atoms with Gasteiger partial charge in [0.25, 0.3) is 0 Å². The van der Waals surface area contributed by atoms with E-state index in [0.717, 1.165) is 11.2 Å². The molecule has 0 bridgehead atoms. The number of aliphatic hydroxyl groups is 1. The number of aromatic carboxylic acids is 1. The zero-order valence-electron chi connectivity index (χ0n) is 11.4. The number of hydrogen-bond donors (Lipinski definition) is 2. The standard InChI is InChI=1S/C14H17N3O3/c1-9(18)5-6-17(2)13-11-4-3-10(14(19)20)7-12(11)15-8-16-13/h3-4,7-9,18H,5-6H2,1-2H3,(H,19,20). The van der Waals surface area contributed by atoms with Crippen LogP contribution >= 0.6 is 0 Å². The number of carboxylic acids is 1. The van der Waals surface area contributed by atoms with Crippen LogP contribution in [0.4, 0.5) is 5.82 Å². The number of aromatic nitrogens is 2. The summed E-state index contributed by atoms with van der Waals surface area (Å²) in [5.41, 5.74) is 0.799. The van der Waals surface area contributed by atoms with Crippen molar-refractivity contribution in [1.82, 2.24) is 9.97 Å². The quantitative estimate of drug-likeness (QED) is 0.860. The molecule has 6 heteroatoms. The van der Waals surface area contributed by atoms with Crippen molar-refractivity contribution in [3.63, 3.8) is 0 Å². The number of fused-ring (bicyclic) bond motifs is 1. The maximum atomic E-state index is 11.0. The summed E-state index contributed by atoms with van der Waals surface area (Å²) < 4.78 is 0. The van der Waals surface area contributed by atoms with Gasteiger partial charge in [0.1, 0.15) is 12.1 Å². The Morgan fingerprint density at radius 2 is 2.15 bits per heavy atom. The minimum atomic E-state index is -0.977. The summed E-state index contributed by atoms with van der Waals surface area (Å²) in [5, 5.41) is 19.1. The van der Waals surface area contributed by atoms with Gasteiger partial charge in [-0.25, -0.2) is 14.8 Å². The Morgan fingerprint density at radius 3 is 2.80 bits per heavy atom. The van der Waals surface area contributed by atoms with Crippen LogP contribution in [0.1, 0.15) is 23.7 Å². The van der Waals surface area contributed by atoms with Gasteiger partial charge in [0.2, 0.25) is 0 Å². The van der Waals surface area contributed by atoms with Crippen molar-refractivity contribution in [3.05, 3.63) is 30.1 Å². The van der Waals surface area contributed by atoms with Gasteiger partial charge in [-0.15, -0.1) is 0 Å². The second-order valence-corrected chi connectivity index (χ2v) is 4.79. The summed E-state index contributed by atoms with van der Waals surface area (Å²) in [6, 6.07) is 4.79. The van der Waals surface area contributed by atoms with E-state index >= 15 is 0 Å². The fourth-order valence-corrected chi connectivity index (χ4v) is 1.97. The molecule has 1 atom stereocenters. The third-order valence-electron chi connectivity index (χ3n) is 3.11. The highest BCUT2D eigenvalue weighted by atomic mass is 16.4. The van der Waals surface area contributed by atoms with Crippen LogP contribution in [0.25, 0.3) is 10.9 Å². The topological polar surface area (TPSA) is 86.5 Å². The Morgan fingerprint density at radius 1 is 1.40 bits per heavy atom. The Hall–Kier alpha value is -2.21. The average Bonchev–Trinajstić information content (AvgIpc) is 2.43. The van der Waals surface area contributed by atoms with E-state index in [4.69, 9.17) is 5.11 Å². The van der Waals surface area contributed by atoms with E-state index in [2.05, 4.69) is 9.97 Å². The molecule has 6 nitrogen and oxygen atoms in total. The van der Waals surface area contributed by atoms with Crippen LogP contribution in [-0.4, -0.2) is 45.8 Å². The normalized spacial score (nSPS) is 12.3. The molecule has 2 rings (SSSR count). The molecule has 0 saturated heterocycles. The number of carbonyl (C=O) groups is 1. The molecule has 1 aromatic heterocycles. The Kier molecular flexibility index (Phi) is 4.14. The zero-order chi connectivity index (χ0) is 14.7. The van der Waals surface area contributed by atoms with Crippen LogP contribution < -0.4 is 4.90 Å². The molecule has 0 fully saturated rings. The first kappa shape index (κ1) is 14.2. The van der Waals surface area contributed by atoms with Crippen molar-refractivity contribution >= 4 is 22.7 Å². The number of rotatable bonds is 5. The Labute approximate surface area is 116 Å². The first-order valence-electron chi connectivity index (χ1n) is 6.36. The highest BCUT2D eigenvalue weighted by molar-refractivity contribution is 5.96. The van der Waals surface area contributed by atoms with E-state index in [-0.39, 0.29) is 11.7 Å². The first-order chi connectivity index (χ1) is 9.49. The van der Waals surface area contributed by atoms with Crippen molar-refractivity contribution in [2.24, 2.45) is 0 Å². The van der Waals surface area contributed by atoms with Crippen molar-refractivity contribution in [2.45, 2.75) is 19.4 Å². The molecule has 1 aromatic carbocycles. The van der Waals surface area contributed by atoms with Gasteiger partial charge in [0, 0.05) is 19.0 Å². The van der Waals surface area contributed by atoms with Crippen LogP contribution in [0.3, 0.4) is 0 Å². The van der Waals surface area contributed by atoms with Crippen molar-refractivity contribution < 1.29 is 15.0 Å². The second-order valence-electron chi connectivity index (χ2n) is 4.79. The summed E-state index contributed by atoms with van der Waals surface area (Å²) in [7, 11) is 1.88. The van der Waals surface area contributed by atoms with Crippen molar-refractivity contribution in [2.75, 3.05) is 18.5 Å². The summed E-state index contributed by atoms with van der Waals surface area (Å²) >= 11 is 0. The van der Waals surface area contributed by atoms with Crippen LogP contribution in [-0.2, 0) is 0 Å². The molecule has 0 radical (unpaired) electrons. The SMILES string of the molecule is CC(O)CCN(C)c1ncnc2cc(C(=O)O)ccc12. The van der Waals surface area contributed by atoms with Crippen molar-refractivity contribution in [1.29, 1.82) is 0 Å². The maximum absolute atomic E-state index is 11.0. The number of carboxylic acid groups (broad SMARTS) is 1. The maximum Gasteiger partial charge on any atom is 0.335 e. The number of aliphatic hydroxyl groups excluding tert-OH is 1. The van der Waals surface area contributed by atoms with E-state index in [0.29, 0.717) is 18.5 Å². The minimum absolute atomic E-state index is 0.203. The summed E-state index contributed by atoms with van der Waals surface area (Å²) in [6.45, 7) is 2.40. The predicted molar refractivity (Wildman–Crippen MR) is 76.1 cm³/mol. The smallest absolute Gasteiger partial charge is 0.335 e. The van der Waals surface area contributed by atoms with Crippen LogP contribution in [0.15, 0.2) is 24.5 Å². The first-order valence-corrected chi connectivity index (χ1v) is 6.36. The molecule has 2 aromatic rings. The molecule has 0 saturated carbocycles. The number of hydrogen-bond acceptors (Lipinski definition) is 5. The van der Waals surface area contributed by atoms with E-state index < -0.39 is 5.97 Å². The molecule has 0 aliphatic rings. The molecule has 0 aliphatic carbocycles. The van der Waals surface area contributed by atoms with Gasteiger partial charge >= 0.3 is 5.97 Å². The van der Waals surface area contributed by atoms with Gasteiger partial charge in [0.05, 0.1) is 17.2 Å². The molecular formula is C14H17N3O3. The van der Waals surface area contributed by atoms with Gasteiger partial charge in [-0.05, 0) is 31.5 Å². The lowest BCUT2D eigenvalue weighted by atomic mass is 10.1. The molecule has 1 unspecified atom stereocenters. The minimum Gasteiger partial charge on any atom is -0.478 e. The van der Waals surface area contributed by atoms with Crippen LogP contribution in [0.2, 0.25) is 0 Å². The average molecular weight is 275 g/mol. The van der Waals surface area contributed by atoms with Gasteiger partial charge < -0.3 is 15.1 Å². The Balaban J connectivity index is 2.37. The lowest BCUT2D eigenvalue weighted by molar-refractivity contribution is 0.0697. The van der Waals surface area contributed by atoms with E-state index in [1.54, 1.807) is 19.1 Å². The molecule has 0 amide bonds. The van der Waals surface area contributed by atoms with E-state index in [1.807, 2.05) is 11.9 Å². The zero-order valence-corrected chi connectivity index (χ0v) is 11.4. The highest BCUT2D eigenvalue weighted by Gasteiger charge is 2.11. The summed E-state index contributed by atoms with van der Waals surface area (Å²) in [4.78, 5) is 21.2. The molecule has 106 valence electrons. The van der Waals surface area contributed by atoms with Crippen molar-refractivity contribution in [3.8, 4) is 0 Å². The van der Waals surface area contributed by atoms with Crippen LogP contribution in [0, 0.1) is 0 Å². The molecule has 1 heterocycles. The predicted octanol–water partition coefficient (Wildman–Crippen LogP) is 1.54. The molecular weight excluding hydrogens is 258 g/mol. The van der Waals surface area contributed by atoms with Gasteiger partial charge in [-0.3, -0.25) is 0 Å². The number of nitrogens with zero attached hydrogens (tertiary/aromatic N) is 3. The van der Waals surface area contributed by atoms with Crippen LogP contribution in [0.5, 0.6) is 0 Å². The van der Waals surface area contributed by atoms with Gasteiger partial charge in [0.15, 0.2) is 0 Å². The summed E-state index contributed by atoms with van der Waals surface area (Å²) in [5.74, 6) is -0.248. The van der Waals surface area contributed by atoms with Gasteiger partial charge in [-0.1, -0.05) is 0 Å². The lowest BCUT2D eigenvalue weighted by Crippen LogP contribution is -2.23. The lowest BCUT2D eigenvalue weighted by Gasteiger charge is -2.20. The highest BCUT2D eigenvalue weighted by Crippen LogP contribution is 2.23. The largest absolute Gasteiger partial charge is 0.478 e. The van der Waals surface area contributed by atoms with Gasteiger partial charge in [-0.2, -0.15) is 0 Å². The number of anilines is 1. The van der Waals surface area contributed by atoms with E-state index in [1.165, 1.54) is 12.4 Å². The molecule has 0 aliphatic heterocycles. The molecule has 0 spiro atoms. The second kappa shape index (κ2) is 5.83. The fourth-order valence-electron chi connectivity index (χ4n) is 1.97. The number of benzene rings is 1. The molecule has 2 N–H and O–H groups in total.